The topological polar surface area (TPSA) is 26.3 Å². The molecule has 0 amide bonds. The standard InChI is InChI=1S/C6H12O2Se/c1-5(9-3)4-6(7)8-2/h5H,4H2,1-3H3/t5-/m1/s1/i4D/t4-,5-. The molecule has 0 saturated heterocycles. The number of carbonyl (C=O) groups excluding carboxylic acids is 1. The van der Waals surface area contributed by atoms with Crippen LogP contribution in [0, 0.1) is 0 Å². The molecule has 0 bridgehead atoms. The maximum atomic E-state index is 10.7. The van der Waals surface area contributed by atoms with E-state index in [1.807, 2.05) is 12.7 Å². The zero-order chi connectivity index (χ0) is 8.15. The number of methoxy groups -OCH3 is 1. The normalized spacial score (nSPS) is 17.9. The molecule has 0 aromatic carbocycles. The molecule has 0 aromatic heterocycles. The average molecular weight is 196 g/mol. The summed E-state index contributed by atoms with van der Waals surface area (Å²) >= 11 is 0.348. The summed E-state index contributed by atoms with van der Waals surface area (Å²) in [5.74, 6) is 1.60. The van der Waals surface area contributed by atoms with E-state index < -0.39 is 12.4 Å². The first kappa shape index (κ1) is 7.10. The Morgan fingerprint density at radius 2 is 2.56 bits per heavy atom. The summed E-state index contributed by atoms with van der Waals surface area (Å²) in [6.45, 7) is 1.90. The van der Waals surface area contributed by atoms with Gasteiger partial charge in [0.25, 0.3) is 0 Å². The molecular formula is C6H12O2Se. The zero-order valence-electron chi connectivity index (χ0n) is 6.88. The summed E-state index contributed by atoms with van der Waals surface area (Å²) in [5.41, 5.74) is 0. The van der Waals surface area contributed by atoms with Crippen LogP contribution in [-0.4, -0.2) is 28.0 Å². The van der Waals surface area contributed by atoms with E-state index in [-0.39, 0.29) is 4.82 Å². The van der Waals surface area contributed by atoms with Crippen molar-refractivity contribution >= 4 is 20.9 Å². The predicted octanol–water partition coefficient (Wildman–Crippen LogP) is 1.11. The van der Waals surface area contributed by atoms with Gasteiger partial charge in [-0.05, 0) is 0 Å². The summed E-state index contributed by atoms with van der Waals surface area (Å²) < 4.78 is 11.7. The first-order valence-electron chi connectivity index (χ1n) is 3.24. The van der Waals surface area contributed by atoms with Gasteiger partial charge in [-0.2, -0.15) is 0 Å². The van der Waals surface area contributed by atoms with Crippen LogP contribution in [0.1, 0.15) is 14.7 Å². The first-order chi connectivity index (χ1) is 4.63. The monoisotopic (exact) mass is 197 g/mol. The Morgan fingerprint density at radius 3 is 2.89 bits per heavy atom. The van der Waals surface area contributed by atoms with E-state index in [0.29, 0.717) is 15.0 Å². The van der Waals surface area contributed by atoms with E-state index in [2.05, 4.69) is 4.74 Å². The third-order valence-electron chi connectivity index (χ3n) is 0.944. The van der Waals surface area contributed by atoms with Crippen LogP contribution in [0.2, 0.25) is 10.6 Å². The van der Waals surface area contributed by atoms with Crippen molar-refractivity contribution in [1.29, 1.82) is 0 Å². The Labute approximate surface area is 63.5 Å². The second kappa shape index (κ2) is 4.83. The molecule has 54 valence electrons. The molecule has 0 radical (unpaired) electrons. The van der Waals surface area contributed by atoms with Crippen molar-refractivity contribution in [3.63, 3.8) is 0 Å². The molecule has 9 heavy (non-hydrogen) atoms. The van der Waals surface area contributed by atoms with Crippen LogP contribution in [0.15, 0.2) is 0 Å². The number of hydrogen-bond donors (Lipinski definition) is 0. The van der Waals surface area contributed by atoms with E-state index in [1.54, 1.807) is 0 Å². The second-order valence-electron chi connectivity index (χ2n) is 1.63. The van der Waals surface area contributed by atoms with Gasteiger partial charge < -0.3 is 0 Å². The molecule has 0 aromatic rings. The van der Waals surface area contributed by atoms with Gasteiger partial charge in [-0.15, -0.1) is 0 Å². The van der Waals surface area contributed by atoms with Crippen molar-refractivity contribution in [3.8, 4) is 0 Å². The number of carbonyl (C=O) groups is 1. The van der Waals surface area contributed by atoms with Crippen molar-refractivity contribution in [1.82, 2.24) is 0 Å². The van der Waals surface area contributed by atoms with Crippen LogP contribution in [0.4, 0.5) is 0 Å². The summed E-state index contributed by atoms with van der Waals surface area (Å²) in [7, 11) is 1.32. The van der Waals surface area contributed by atoms with E-state index >= 15 is 0 Å². The van der Waals surface area contributed by atoms with Crippen molar-refractivity contribution in [2.24, 2.45) is 0 Å². The van der Waals surface area contributed by atoms with Gasteiger partial charge in [-0.3, -0.25) is 0 Å². The Kier molecular flexibility index (Phi) is 3.81. The average Bonchev–Trinajstić information content (AvgIpc) is 2.00. The molecule has 0 heterocycles. The molecule has 0 saturated carbocycles. The van der Waals surface area contributed by atoms with Gasteiger partial charge in [0, 0.05) is 0 Å². The van der Waals surface area contributed by atoms with Crippen LogP contribution in [0.3, 0.4) is 0 Å². The summed E-state index contributed by atoms with van der Waals surface area (Å²) in [6, 6.07) is 0. The molecule has 0 aliphatic rings. The van der Waals surface area contributed by atoms with Gasteiger partial charge in [0.2, 0.25) is 0 Å². The molecule has 0 rings (SSSR count). The van der Waals surface area contributed by atoms with Gasteiger partial charge >= 0.3 is 62.9 Å². The number of rotatable bonds is 3. The Bertz CT molecular complexity index is 118. The fourth-order valence-corrected chi connectivity index (χ4v) is 0.846. The minimum atomic E-state index is -0.685. The van der Waals surface area contributed by atoms with Crippen LogP contribution >= 0.6 is 0 Å². The molecule has 0 aliphatic heterocycles. The van der Waals surface area contributed by atoms with E-state index in [1.165, 1.54) is 7.11 Å². The van der Waals surface area contributed by atoms with Crippen molar-refractivity contribution in [2.75, 3.05) is 7.11 Å². The van der Waals surface area contributed by atoms with Crippen LogP contribution in [0.25, 0.3) is 0 Å². The van der Waals surface area contributed by atoms with Gasteiger partial charge in [0.1, 0.15) is 0 Å². The fourth-order valence-electron chi connectivity index (χ4n) is 0.328. The Hall–Kier alpha value is -0.0105. The first-order valence-corrected chi connectivity index (χ1v) is 5.36. The third-order valence-corrected chi connectivity index (χ3v) is 2.79. The van der Waals surface area contributed by atoms with Gasteiger partial charge in [-0.1, -0.05) is 0 Å². The SMILES string of the molecule is [2H][C@@H](C(=O)OC)[C@@H](C)[Se]C. The molecule has 0 fully saturated rings. The van der Waals surface area contributed by atoms with Crippen molar-refractivity contribution in [2.45, 2.75) is 24.0 Å². The second-order valence-corrected chi connectivity index (χ2v) is 4.18. The van der Waals surface area contributed by atoms with Gasteiger partial charge in [0.15, 0.2) is 0 Å². The maximum absolute atomic E-state index is 10.7. The Morgan fingerprint density at radius 1 is 2.00 bits per heavy atom. The number of ether oxygens (including phenoxy) is 1. The van der Waals surface area contributed by atoms with Crippen LogP contribution in [-0.2, 0) is 9.53 Å². The molecule has 3 heteroatoms. The predicted molar refractivity (Wildman–Crippen MR) is 37.7 cm³/mol. The molecule has 2 nitrogen and oxygen atoms in total. The van der Waals surface area contributed by atoms with Crippen LogP contribution in [0.5, 0.6) is 0 Å². The Balaban J connectivity index is 3.81. The van der Waals surface area contributed by atoms with Crippen molar-refractivity contribution < 1.29 is 10.9 Å². The summed E-state index contributed by atoms with van der Waals surface area (Å²) in [6.07, 6.45) is -0.685. The molecule has 2 atom stereocenters. The number of hydrogen-bond acceptors (Lipinski definition) is 2. The summed E-state index contributed by atoms with van der Waals surface area (Å²) in [5, 5.41) is 0. The van der Waals surface area contributed by atoms with Gasteiger partial charge in [-0.25, -0.2) is 0 Å². The summed E-state index contributed by atoms with van der Waals surface area (Å²) in [4.78, 5) is 10.9. The molecule has 0 spiro atoms. The van der Waals surface area contributed by atoms with E-state index in [4.69, 9.17) is 1.37 Å². The van der Waals surface area contributed by atoms with Crippen LogP contribution < -0.4 is 0 Å². The van der Waals surface area contributed by atoms with E-state index in [9.17, 15) is 4.79 Å². The molecule has 0 unspecified atom stereocenters. The number of esters is 1. The third kappa shape index (κ3) is 4.49. The quantitative estimate of drug-likeness (QED) is 0.499. The molecule has 0 N–H and O–H groups in total. The fraction of sp³-hybridized carbons (Fsp3) is 0.833. The van der Waals surface area contributed by atoms with Crippen molar-refractivity contribution in [3.05, 3.63) is 0 Å². The molecule has 0 aliphatic carbocycles. The van der Waals surface area contributed by atoms with E-state index in [0.717, 1.165) is 0 Å². The minimum absolute atomic E-state index is 0.153. The molecular weight excluding hydrogens is 183 g/mol. The van der Waals surface area contributed by atoms with Gasteiger partial charge in [0.05, 0.1) is 0 Å². The zero-order valence-corrected chi connectivity index (χ0v) is 7.59.